The van der Waals surface area contributed by atoms with Gasteiger partial charge in [0.25, 0.3) is 0 Å². The third-order valence-corrected chi connectivity index (χ3v) is 2.21. The molecule has 0 atom stereocenters. The van der Waals surface area contributed by atoms with Gasteiger partial charge in [-0.15, -0.1) is 0 Å². The molecule has 18 heavy (non-hydrogen) atoms. The number of ether oxygens (including phenoxy) is 1. The number of carbonyl (C=O) groups excluding carboxylic acids is 3. The van der Waals surface area contributed by atoms with Crippen LogP contribution in [0.2, 0.25) is 0 Å². The number of ketones is 1. The summed E-state index contributed by atoms with van der Waals surface area (Å²) in [4.78, 5) is 37.5. The number of Topliss-reactive ketones (excluding diaryl/α,β-unsaturated/α-hetero) is 1. The average Bonchev–Trinajstić information content (AvgIpc) is 2.42. The molecule has 1 heterocycles. The van der Waals surface area contributed by atoms with E-state index in [0.717, 1.165) is 0 Å². The van der Waals surface area contributed by atoms with Gasteiger partial charge in [-0.25, -0.2) is 0 Å². The summed E-state index contributed by atoms with van der Waals surface area (Å²) in [5, 5.41) is 2.44. The van der Waals surface area contributed by atoms with Crippen molar-refractivity contribution in [2.24, 2.45) is 0 Å². The van der Waals surface area contributed by atoms with Gasteiger partial charge in [-0.3, -0.25) is 19.4 Å². The second-order valence-electron chi connectivity index (χ2n) is 3.52. The Kier molecular flexibility index (Phi) is 5.50. The monoisotopic (exact) mass is 250 g/mol. The van der Waals surface area contributed by atoms with E-state index in [1.807, 2.05) is 0 Å². The van der Waals surface area contributed by atoms with Gasteiger partial charge in [0.1, 0.15) is 0 Å². The number of hydrogen-bond acceptors (Lipinski definition) is 5. The van der Waals surface area contributed by atoms with E-state index in [-0.39, 0.29) is 31.1 Å². The van der Waals surface area contributed by atoms with Crippen LogP contribution < -0.4 is 5.32 Å². The van der Waals surface area contributed by atoms with Gasteiger partial charge >= 0.3 is 5.97 Å². The number of amides is 1. The number of nitrogens with zero attached hydrogens (tertiary/aromatic N) is 1. The Morgan fingerprint density at radius 2 is 2.11 bits per heavy atom. The number of hydrogen-bond donors (Lipinski definition) is 1. The molecule has 1 rings (SSSR count). The topological polar surface area (TPSA) is 85.4 Å². The summed E-state index contributed by atoms with van der Waals surface area (Å²) < 4.78 is 4.40. The van der Waals surface area contributed by atoms with Crippen LogP contribution >= 0.6 is 0 Å². The van der Waals surface area contributed by atoms with E-state index >= 15 is 0 Å². The van der Waals surface area contributed by atoms with Gasteiger partial charge in [-0.05, 0) is 12.1 Å². The van der Waals surface area contributed by atoms with Crippen LogP contribution in [0, 0.1) is 0 Å². The first-order valence-corrected chi connectivity index (χ1v) is 5.40. The summed E-state index contributed by atoms with van der Waals surface area (Å²) in [5.41, 5.74) is 0.436. The van der Waals surface area contributed by atoms with E-state index in [4.69, 9.17) is 0 Å². The smallest absolute Gasteiger partial charge is 0.306 e. The van der Waals surface area contributed by atoms with Crippen LogP contribution in [0.3, 0.4) is 0 Å². The lowest BCUT2D eigenvalue weighted by atomic mass is 10.2. The van der Waals surface area contributed by atoms with Crippen LogP contribution in [0.1, 0.15) is 23.2 Å². The Morgan fingerprint density at radius 1 is 1.33 bits per heavy atom. The molecule has 1 aromatic rings. The lowest BCUT2D eigenvalue weighted by Crippen LogP contribution is -2.29. The van der Waals surface area contributed by atoms with E-state index in [1.54, 1.807) is 18.3 Å². The molecule has 0 spiro atoms. The number of nitrogens with one attached hydrogen (secondary N) is 1. The van der Waals surface area contributed by atoms with Gasteiger partial charge < -0.3 is 10.1 Å². The molecule has 1 N–H and O–H groups in total. The highest BCUT2D eigenvalue weighted by atomic mass is 16.5. The summed E-state index contributed by atoms with van der Waals surface area (Å²) in [7, 11) is 1.26. The molecule has 0 fully saturated rings. The Morgan fingerprint density at radius 3 is 2.72 bits per heavy atom. The summed E-state index contributed by atoms with van der Waals surface area (Å²) >= 11 is 0. The fourth-order valence-electron chi connectivity index (χ4n) is 1.21. The molecule has 96 valence electrons. The Hall–Kier alpha value is -2.24. The van der Waals surface area contributed by atoms with E-state index in [1.165, 1.54) is 13.3 Å². The highest BCUT2D eigenvalue weighted by Crippen LogP contribution is 1.97. The number of pyridine rings is 1. The summed E-state index contributed by atoms with van der Waals surface area (Å²) in [6.07, 6.45) is 3.01. The number of rotatable bonds is 6. The van der Waals surface area contributed by atoms with Crippen molar-refractivity contribution in [2.75, 3.05) is 13.7 Å². The molecule has 0 unspecified atom stereocenters. The summed E-state index contributed by atoms with van der Waals surface area (Å²) in [6.45, 7) is -0.105. The molecule has 6 heteroatoms. The minimum atomic E-state index is -0.455. The van der Waals surface area contributed by atoms with Crippen LogP contribution in [-0.2, 0) is 14.3 Å². The Labute approximate surface area is 104 Å². The standard InChI is InChI=1S/C12H14N2O4/c1-18-12(17)5-4-11(16)14-8-10(15)9-3-2-6-13-7-9/h2-3,6-7H,4-5,8H2,1H3,(H,14,16). The molecule has 0 aliphatic rings. The normalized spacial score (nSPS) is 9.61. The van der Waals surface area contributed by atoms with Crippen LogP contribution in [0.15, 0.2) is 24.5 Å². The molecule has 0 radical (unpaired) electrons. The maximum atomic E-state index is 11.6. The third-order valence-electron chi connectivity index (χ3n) is 2.21. The molecule has 1 amide bonds. The largest absolute Gasteiger partial charge is 0.469 e. The van der Waals surface area contributed by atoms with Gasteiger partial charge in [0.15, 0.2) is 5.78 Å². The number of carbonyl (C=O) groups is 3. The minimum absolute atomic E-state index is 0.00339. The SMILES string of the molecule is COC(=O)CCC(=O)NCC(=O)c1cccnc1. The van der Waals surface area contributed by atoms with Crippen molar-refractivity contribution >= 4 is 17.7 Å². The van der Waals surface area contributed by atoms with Crippen molar-refractivity contribution in [1.82, 2.24) is 10.3 Å². The maximum Gasteiger partial charge on any atom is 0.306 e. The van der Waals surface area contributed by atoms with Gasteiger partial charge in [0, 0.05) is 24.4 Å². The van der Waals surface area contributed by atoms with Crippen LogP contribution in [0.25, 0.3) is 0 Å². The molecule has 0 saturated heterocycles. The Balaban J connectivity index is 2.31. The lowest BCUT2D eigenvalue weighted by molar-refractivity contribution is -0.142. The zero-order valence-corrected chi connectivity index (χ0v) is 10.0. The molecule has 0 bridgehead atoms. The van der Waals surface area contributed by atoms with Crippen LogP contribution in [-0.4, -0.2) is 36.3 Å². The molecule has 0 saturated carbocycles. The van der Waals surface area contributed by atoms with Gasteiger partial charge in [0.2, 0.25) is 5.91 Å². The van der Waals surface area contributed by atoms with Crippen molar-refractivity contribution in [3.8, 4) is 0 Å². The fraction of sp³-hybridized carbons (Fsp3) is 0.333. The van der Waals surface area contributed by atoms with E-state index < -0.39 is 5.97 Å². The van der Waals surface area contributed by atoms with Crippen molar-refractivity contribution in [1.29, 1.82) is 0 Å². The van der Waals surface area contributed by atoms with Crippen molar-refractivity contribution in [2.45, 2.75) is 12.8 Å². The first-order chi connectivity index (χ1) is 8.63. The maximum absolute atomic E-state index is 11.6. The molecule has 1 aromatic heterocycles. The first-order valence-electron chi connectivity index (χ1n) is 5.40. The van der Waals surface area contributed by atoms with Crippen molar-refractivity contribution in [3.63, 3.8) is 0 Å². The fourth-order valence-corrected chi connectivity index (χ4v) is 1.21. The second kappa shape index (κ2) is 7.16. The quantitative estimate of drug-likeness (QED) is 0.581. The van der Waals surface area contributed by atoms with Gasteiger partial charge in [-0.1, -0.05) is 0 Å². The molecule has 0 aliphatic heterocycles. The van der Waals surface area contributed by atoms with E-state index in [9.17, 15) is 14.4 Å². The van der Waals surface area contributed by atoms with Crippen molar-refractivity contribution < 1.29 is 19.1 Å². The zero-order chi connectivity index (χ0) is 13.4. The zero-order valence-electron chi connectivity index (χ0n) is 10.0. The molecule has 0 aliphatic carbocycles. The van der Waals surface area contributed by atoms with Gasteiger partial charge in [0.05, 0.1) is 20.1 Å². The van der Waals surface area contributed by atoms with Crippen molar-refractivity contribution in [3.05, 3.63) is 30.1 Å². The molecular weight excluding hydrogens is 236 g/mol. The highest BCUT2D eigenvalue weighted by Gasteiger charge is 2.09. The molecule has 6 nitrogen and oxygen atoms in total. The molecule has 0 aromatic carbocycles. The first kappa shape index (κ1) is 13.8. The predicted molar refractivity (Wildman–Crippen MR) is 62.8 cm³/mol. The predicted octanol–water partition coefficient (Wildman–Crippen LogP) is 0.334. The second-order valence-corrected chi connectivity index (χ2v) is 3.52. The Bertz CT molecular complexity index is 431. The van der Waals surface area contributed by atoms with Crippen LogP contribution in [0.5, 0.6) is 0 Å². The summed E-state index contributed by atoms with van der Waals surface area (Å²) in [6, 6.07) is 3.27. The lowest BCUT2D eigenvalue weighted by Gasteiger charge is -2.04. The third kappa shape index (κ3) is 4.73. The number of esters is 1. The highest BCUT2D eigenvalue weighted by molar-refractivity contribution is 5.99. The van der Waals surface area contributed by atoms with E-state index in [2.05, 4.69) is 15.0 Å². The minimum Gasteiger partial charge on any atom is -0.469 e. The average molecular weight is 250 g/mol. The van der Waals surface area contributed by atoms with Gasteiger partial charge in [-0.2, -0.15) is 0 Å². The number of methoxy groups -OCH3 is 1. The molecular formula is C12H14N2O4. The van der Waals surface area contributed by atoms with E-state index in [0.29, 0.717) is 5.56 Å². The van der Waals surface area contributed by atoms with Crippen LogP contribution in [0.4, 0.5) is 0 Å². The number of aromatic nitrogens is 1. The summed E-state index contributed by atoms with van der Waals surface area (Å²) in [5.74, 6) is -1.05.